The first kappa shape index (κ1) is 16.5. The molecule has 0 bridgehead atoms. The summed E-state index contributed by atoms with van der Waals surface area (Å²) in [7, 11) is -3.42. The first-order valence-corrected chi connectivity index (χ1v) is 8.91. The largest absolute Gasteiger partial charge is 0.473 e. The second kappa shape index (κ2) is 6.07. The molecule has 1 saturated heterocycles. The number of rotatable bonds is 5. The van der Waals surface area contributed by atoms with E-state index in [1.165, 1.54) is 6.20 Å². The number of ether oxygens (including phenoxy) is 3. The highest BCUT2D eigenvalue weighted by molar-refractivity contribution is 9.10. The molecule has 0 radical (unpaired) electrons. The van der Waals surface area contributed by atoms with E-state index in [4.69, 9.17) is 14.2 Å². The molecule has 2 heterocycles. The second-order valence-corrected chi connectivity index (χ2v) is 7.81. The Balaban J connectivity index is 2.06. The van der Waals surface area contributed by atoms with E-state index in [9.17, 15) is 8.42 Å². The maximum Gasteiger partial charge on any atom is 0.238 e. The Morgan fingerprint density at radius 2 is 2.29 bits per heavy atom. The predicted octanol–water partition coefficient (Wildman–Crippen LogP) is 1.75. The Hall–Kier alpha value is -0.900. The average Bonchev–Trinajstić information content (AvgIpc) is 2.66. The first-order chi connectivity index (χ1) is 9.65. The highest BCUT2D eigenvalue weighted by Gasteiger charge is 2.33. The van der Waals surface area contributed by atoms with Crippen LogP contribution in [0.3, 0.4) is 0 Å². The van der Waals surface area contributed by atoms with Gasteiger partial charge in [-0.15, -0.1) is 0 Å². The van der Waals surface area contributed by atoms with Crippen molar-refractivity contribution in [1.82, 2.24) is 4.98 Å². The van der Waals surface area contributed by atoms with E-state index in [1.807, 2.05) is 13.8 Å². The molecule has 21 heavy (non-hydrogen) atoms. The lowest BCUT2D eigenvalue weighted by Crippen LogP contribution is -2.25. The molecule has 1 unspecified atom stereocenters. The molecule has 1 N–H and O–H groups in total. The summed E-state index contributed by atoms with van der Waals surface area (Å²) >= 11 is 3.24. The van der Waals surface area contributed by atoms with Crippen LogP contribution in [-0.4, -0.2) is 44.8 Å². The van der Waals surface area contributed by atoms with Gasteiger partial charge in [0.15, 0.2) is 5.79 Å². The van der Waals surface area contributed by atoms with E-state index in [-0.39, 0.29) is 24.3 Å². The normalized spacial score (nSPS) is 21.2. The Labute approximate surface area is 132 Å². The fourth-order valence-electron chi connectivity index (χ4n) is 1.83. The third-order valence-electron chi connectivity index (χ3n) is 2.59. The van der Waals surface area contributed by atoms with E-state index in [0.717, 1.165) is 6.26 Å². The molecule has 1 fully saturated rings. The number of halogens is 1. The fourth-order valence-corrected chi connectivity index (χ4v) is 2.71. The van der Waals surface area contributed by atoms with Crippen molar-refractivity contribution in [3.8, 4) is 5.88 Å². The standard InChI is InChI=1S/C12H17BrN2O5S/c1-12(2)19-7-9(20-12)6-18-11-10(15-21(3,16)17)4-8(13)5-14-11/h4-5,9,15H,6-7H2,1-3H3. The van der Waals surface area contributed by atoms with Crippen molar-refractivity contribution in [2.45, 2.75) is 25.7 Å². The molecule has 0 saturated carbocycles. The number of nitrogens with zero attached hydrogens (tertiary/aromatic N) is 1. The zero-order valence-corrected chi connectivity index (χ0v) is 14.3. The third-order valence-corrected chi connectivity index (χ3v) is 3.61. The number of hydrogen-bond acceptors (Lipinski definition) is 6. The minimum absolute atomic E-state index is 0.192. The van der Waals surface area contributed by atoms with Crippen LogP contribution in [0.4, 0.5) is 5.69 Å². The van der Waals surface area contributed by atoms with Gasteiger partial charge in [0.2, 0.25) is 15.9 Å². The van der Waals surface area contributed by atoms with Gasteiger partial charge in [-0.25, -0.2) is 13.4 Å². The van der Waals surface area contributed by atoms with Gasteiger partial charge in [0.1, 0.15) is 18.4 Å². The molecule has 0 aromatic carbocycles. The molecule has 1 aliphatic heterocycles. The average molecular weight is 381 g/mol. The van der Waals surface area contributed by atoms with E-state index < -0.39 is 15.8 Å². The molecule has 1 aliphatic rings. The Kier molecular flexibility index (Phi) is 4.76. The summed E-state index contributed by atoms with van der Waals surface area (Å²) in [6.45, 7) is 4.28. The molecule has 1 atom stereocenters. The van der Waals surface area contributed by atoms with Gasteiger partial charge in [0.25, 0.3) is 0 Å². The van der Waals surface area contributed by atoms with Crippen LogP contribution in [0.2, 0.25) is 0 Å². The second-order valence-electron chi connectivity index (χ2n) is 5.14. The Morgan fingerprint density at radius 1 is 1.57 bits per heavy atom. The maximum absolute atomic E-state index is 11.4. The Morgan fingerprint density at radius 3 is 2.86 bits per heavy atom. The van der Waals surface area contributed by atoms with Crippen molar-refractivity contribution >= 4 is 31.6 Å². The van der Waals surface area contributed by atoms with Gasteiger partial charge in [-0.05, 0) is 35.8 Å². The van der Waals surface area contributed by atoms with Gasteiger partial charge < -0.3 is 14.2 Å². The zero-order chi connectivity index (χ0) is 15.7. The van der Waals surface area contributed by atoms with Crippen LogP contribution in [0.1, 0.15) is 13.8 Å². The van der Waals surface area contributed by atoms with Gasteiger partial charge in [0.05, 0.1) is 12.9 Å². The number of nitrogens with one attached hydrogen (secondary N) is 1. The fraction of sp³-hybridized carbons (Fsp3) is 0.583. The van der Waals surface area contributed by atoms with Crippen molar-refractivity contribution in [2.75, 3.05) is 24.2 Å². The molecule has 0 amide bonds. The quantitative estimate of drug-likeness (QED) is 0.836. The lowest BCUT2D eigenvalue weighted by Gasteiger charge is -2.17. The summed E-state index contributed by atoms with van der Waals surface area (Å²) in [4.78, 5) is 4.07. The molecular weight excluding hydrogens is 364 g/mol. The van der Waals surface area contributed by atoms with Crippen LogP contribution in [-0.2, 0) is 19.5 Å². The summed E-state index contributed by atoms with van der Waals surface area (Å²) < 4.78 is 42.3. The molecule has 0 aliphatic carbocycles. The summed E-state index contributed by atoms with van der Waals surface area (Å²) in [6, 6.07) is 1.58. The summed E-state index contributed by atoms with van der Waals surface area (Å²) in [5.74, 6) is -0.438. The zero-order valence-electron chi connectivity index (χ0n) is 11.9. The molecule has 0 spiro atoms. The Bertz CT molecular complexity index is 620. The number of sulfonamides is 1. The van der Waals surface area contributed by atoms with Crippen LogP contribution < -0.4 is 9.46 Å². The van der Waals surface area contributed by atoms with Crippen molar-refractivity contribution < 1.29 is 22.6 Å². The summed E-state index contributed by atoms with van der Waals surface area (Å²) in [6.07, 6.45) is 2.36. The SMILES string of the molecule is CC1(C)OCC(COc2ncc(Br)cc2NS(C)(=O)=O)O1. The molecular formula is C12H17BrN2O5S. The topological polar surface area (TPSA) is 86.8 Å². The van der Waals surface area contributed by atoms with Crippen LogP contribution in [0.5, 0.6) is 5.88 Å². The molecule has 118 valence electrons. The van der Waals surface area contributed by atoms with E-state index in [0.29, 0.717) is 11.1 Å². The first-order valence-electron chi connectivity index (χ1n) is 6.22. The van der Waals surface area contributed by atoms with E-state index >= 15 is 0 Å². The molecule has 1 aromatic rings. The number of aromatic nitrogens is 1. The van der Waals surface area contributed by atoms with Crippen molar-refractivity contribution in [3.05, 3.63) is 16.7 Å². The molecule has 1 aromatic heterocycles. The molecule has 2 rings (SSSR count). The highest BCUT2D eigenvalue weighted by Crippen LogP contribution is 2.28. The van der Waals surface area contributed by atoms with E-state index in [1.54, 1.807) is 6.07 Å². The van der Waals surface area contributed by atoms with Crippen LogP contribution >= 0.6 is 15.9 Å². The maximum atomic E-state index is 11.4. The van der Waals surface area contributed by atoms with Crippen molar-refractivity contribution in [2.24, 2.45) is 0 Å². The van der Waals surface area contributed by atoms with Crippen LogP contribution in [0.15, 0.2) is 16.7 Å². The van der Waals surface area contributed by atoms with Gasteiger partial charge in [-0.2, -0.15) is 0 Å². The lowest BCUT2D eigenvalue weighted by molar-refractivity contribution is -0.141. The van der Waals surface area contributed by atoms with Crippen molar-refractivity contribution in [1.29, 1.82) is 0 Å². The molecule has 7 nitrogen and oxygen atoms in total. The monoisotopic (exact) mass is 380 g/mol. The molecule has 9 heteroatoms. The van der Waals surface area contributed by atoms with Gasteiger partial charge in [-0.1, -0.05) is 0 Å². The number of pyridine rings is 1. The van der Waals surface area contributed by atoms with Gasteiger partial charge in [-0.3, -0.25) is 4.72 Å². The number of anilines is 1. The van der Waals surface area contributed by atoms with Gasteiger partial charge in [0, 0.05) is 10.7 Å². The van der Waals surface area contributed by atoms with Gasteiger partial charge >= 0.3 is 0 Å². The summed E-state index contributed by atoms with van der Waals surface area (Å²) in [5, 5.41) is 0. The third kappa shape index (κ3) is 5.10. The van der Waals surface area contributed by atoms with E-state index in [2.05, 4.69) is 25.6 Å². The smallest absolute Gasteiger partial charge is 0.238 e. The highest BCUT2D eigenvalue weighted by atomic mass is 79.9. The van der Waals surface area contributed by atoms with Crippen molar-refractivity contribution in [3.63, 3.8) is 0 Å². The lowest BCUT2D eigenvalue weighted by atomic mass is 10.4. The predicted molar refractivity (Wildman–Crippen MR) is 80.8 cm³/mol. The minimum Gasteiger partial charge on any atom is -0.473 e. The van der Waals surface area contributed by atoms with Crippen LogP contribution in [0.25, 0.3) is 0 Å². The summed E-state index contributed by atoms with van der Waals surface area (Å²) in [5.41, 5.74) is 0.269. The minimum atomic E-state index is -3.42. The van der Waals surface area contributed by atoms with Crippen LogP contribution in [0, 0.1) is 0 Å². The number of hydrogen-bond donors (Lipinski definition) is 1.